The van der Waals surface area contributed by atoms with E-state index in [4.69, 9.17) is 4.74 Å². The summed E-state index contributed by atoms with van der Waals surface area (Å²) in [7, 11) is 1.74. The van der Waals surface area contributed by atoms with Crippen molar-refractivity contribution in [3.8, 4) is 5.75 Å². The SMILES string of the molecule is COc1cc(C)c(CC2CNCCC2C)cc1C. The summed E-state index contributed by atoms with van der Waals surface area (Å²) >= 11 is 0. The Morgan fingerprint density at radius 1 is 1.28 bits per heavy atom. The molecule has 0 aromatic heterocycles. The third kappa shape index (κ3) is 2.86. The quantitative estimate of drug-likeness (QED) is 0.886. The number of rotatable bonds is 3. The normalized spacial score (nSPS) is 24.0. The van der Waals surface area contributed by atoms with Crippen LogP contribution in [0.15, 0.2) is 12.1 Å². The molecule has 1 aliphatic heterocycles. The number of hydrogen-bond donors (Lipinski definition) is 1. The van der Waals surface area contributed by atoms with Gasteiger partial charge in [0.2, 0.25) is 0 Å². The molecule has 1 fully saturated rings. The molecule has 1 aromatic rings. The van der Waals surface area contributed by atoms with Crippen LogP contribution in [0.4, 0.5) is 0 Å². The molecule has 0 spiro atoms. The van der Waals surface area contributed by atoms with Gasteiger partial charge in [-0.1, -0.05) is 13.0 Å². The van der Waals surface area contributed by atoms with Crippen molar-refractivity contribution in [2.24, 2.45) is 11.8 Å². The second-order valence-electron chi connectivity index (χ2n) is 5.68. The van der Waals surface area contributed by atoms with Crippen LogP contribution >= 0.6 is 0 Å². The Morgan fingerprint density at radius 2 is 2.06 bits per heavy atom. The van der Waals surface area contributed by atoms with Gasteiger partial charge in [-0.2, -0.15) is 0 Å². The van der Waals surface area contributed by atoms with E-state index in [0.29, 0.717) is 0 Å². The highest BCUT2D eigenvalue weighted by Crippen LogP contribution is 2.28. The number of aryl methyl sites for hydroxylation is 2. The van der Waals surface area contributed by atoms with Gasteiger partial charge in [0.1, 0.15) is 5.75 Å². The van der Waals surface area contributed by atoms with Crippen molar-refractivity contribution in [3.05, 3.63) is 28.8 Å². The summed E-state index contributed by atoms with van der Waals surface area (Å²) in [6.07, 6.45) is 2.49. The Labute approximate surface area is 111 Å². The average molecular weight is 247 g/mol. The third-order valence-corrected chi connectivity index (χ3v) is 4.32. The third-order valence-electron chi connectivity index (χ3n) is 4.32. The van der Waals surface area contributed by atoms with Crippen molar-refractivity contribution in [2.75, 3.05) is 20.2 Å². The lowest BCUT2D eigenvalue weighted by Crippen LogP contribution is -2.36. The molecule has 0 bridgehead atoms. The van der Waals surface area contributed by atoms with E-state index in [-0.39, 0.29) is 0 Å². The first-order chi connectivity index (χ1) is 8.61. The molecule has 0 amide bonds. The highest BCUT2D eigenvalue weighted by Gasteiger charge is 2.22. The Bertz CT molecular complexity index is 414. The predicted molar refractivity (Wildman–Crippen MR) is 76.3 cm³/mol. The van der Waals surface area contributed by atoms with Gasteiger partial charge in [-0.3, -0.25) is 0 Å². The number of nitrogens with one attached hydrogen (secondary N) is 1. The fourth-order valence-electron chi connectivity index (χ4n) is 2.90. The van der Waals surface area contributed by atoms with E-state index in [0.717, 1.165) is 24.1 Å². The number of piperidine rings is 1. The summed E-state index contributed by atoms with van der Waals surface area (Å²) in [6.45, 7) is 9.05. The van der Waals surface area contributed by atoms with Crippen LogP contribution < -0.4 is 10.1 Å². The molecular weight excluding hydrogens is 222 g/mol. The zero-order valence-electron chi connectivity index (χ0n) is 12.0. The van der Waals surface area contributed by atoms with Crippen molar-refractivity contribution < 1.29 is 4.74 Å². The molecule has 0 saturated carbocycles. The molecule has 1 N–H and O–H groups in total. The van der Waals surface area contributed by atoms with Gasteiger partial charge in [-0.25, -0.2) is 0 Å². The van der Waals surface area contributed by atoms with Gasteiger partial charge >= 0.3 is 0 Å². The predicted octanol–water partition coefficient (Wildman–Crippen LogP) is 3.10. The van der Waals surface area contributed by atoms with Gasteiger partial charge in [-0.05, 0) is 74.4 Å². The molecule has 18 heavy (non-hydrogen) atoms. The zero-order chi connectivity index (χ0) is 13.1. The van der Waals surface area contributed by atoms with Gasteiger partial charge in [-0.15, -0.1) is 0 Å². The molecule has 2 heteroatoms. The first-order valence-corrected chi connectivity index (χ1v) is 6.96. The van der Waals surface area contributed by atoms with Crippen LogP contribution in [0.2, 0.25) is 0 Å². The minimum atomic E-state index is 0.769. The molecule has 1 saturated heterocycles. The van der Waals surface area contributed by atoms with E-state index in [1.165, 1.54) is 36.1 Å². The molecule has 0 radical (unpaired) electrons. The number of hydrogen-bond acceptors (Lipinski definition) is 2. The minimum absolute atomic E-state index is 0.769. The van der Waals surface area contributed by atoms with Crippen LogP contribution in [0.25, 0.3) is 0 Å². The molecule has 2 atom stereocenters. The van der Waals surface area contributed by atoms with Crippen molar-refractivity contribution >= 4 is 0 Å². The topological polar surface area (TPSA) is 21.3 Å². The summed E-state index contributed by atoms with van der Waals surface area (Å²) in [5.41, 5.74) is 4.08. The fourth-order valence-corrected chi connectivity index (χ4v) is 2.90. The highest BCUT2D eigenvalue weighted by atomic mass is 16.5. The van der Waals surface area contributed by atoms with E-state index in [1.54, 1.807) is 7.11 Å². The molecule has 1 aliphatic rings. The number of ether oxygens (including phenoxy) is 1. The monoisotopic (exact) mass is 247 g/mol. The lowest BCUT2D eigenvalue weighted by Gasteiger charge is -2.30. The van der Waals surface area contributed by atoms with E-state index in [2.05, 4.69) is 38.2 Å². The second kappa shape index (κ2) is 5.75. The minimum Gasteiger partial charge on any atom is -0.496 e. The summed E-state index contributed by atoms with van der Waals surface area (Å²) in [5.74, 6) is 2.60. The summed E-state index contributed by atoms with van der Waals surface area (Å²) in [6, 6.07) is 4.47. The van der Waals surface area contributed by atoms with Gasteiger partial charge in [0.15, 0.2) is 0 Å². The van der Waals surface area contributed by atoms with Gasteiger partial charge in [0, 0.05) is 0 Å². The Morgan fingerprint density at radius 3 is 2.72 bits per heavy atom. The molecule has 2 unspecified atom stereocenters. The fraction of sp³-hybridized carbons (Fsp3) is 0.625. The molecule has 2 nitrogen and oxygen atoms in total. The van der Waals surface area contributed by atoms with Crippen LogP contribution in [0, 0.1) is 25.7 Å². The Kier molecular flexibility index (Phi) is 4.28. The Hall–Kier alpha value is -1.02. The summed E-state index contributed by atoms with van der Waals surface area (Å²) in [4.78, 5) is 0. The van der Waals surface area contributed by atoms with E-state index in [1.807, 2.05) is 0 Å². The smallest absolute Gasteiger partial charge is 0.122 e. The highest BCUT2D eigenvalue weighted by molar-refractivity contribution is 5.41. The van der Waals surface area contributed by atoms with Crippen LogP contribution in [0.1, 0.15) is 30.0 Å². The van der Waals surface area contributed by atoms with E-state index < -0.39 is 0 Å². The Balaban J connectivity index is 2.15. The lowest BCUT2D eigenvalue weighted by molar-refractivity contribution is 0.272. The maximum atomic E-state index is 5.38. The summed E-state index contributed by atoms with van der Waals surface area (Å²) < 4.78 is 5.38. The second-order valence-corrected chi connectivity index (χ2v) is 5.68. The largest absolute Gasteiger partial charge is 0.496 e. The van der Waals surface area contributed by atoms with Gasteiger partial charge in [0.25, 0.3) is 0 Å². The zero-order valence-corrected chi connectivity index (χ0v) is 12.0. The molecule has 0 aliphatic carbocycles. The first kappa shape index (κ1) is 13.4. The summed E-state index contributed by atoms with van der Waals surface area (Å²) in [5, 5.41) is 3.52. The standard InChI is InChI=1S/C16H25NO/c1-11-5-6-17-10-15(11)9-14-7-13(3)16(18-4)8-12(14)2/h7-8,11,15,17H,5-6,9-10H2,1-4H3. The molecule has 1 aromatic carbocycles. The van der Waals surface area contributed by atoms with E-state index >= 15 is 0 Å². The van der Waals surface area contributed by atoms with Gasteiger partial charge < -0.3 is 10.1 Å². The van der Waals surface area contributed by atoms with Crippen LogP contribution in [0.5, 0.6) is 5.75 Å². The first-order valence-electron chi connectivity index (χ1n) is 6.96. The molecule has 2 rings (SSSR count). The van der Waals surface area contributed by atoms with Crippen molar-refractivity contribution in [2.45, 2.75) is 33.6 Å². The van der Waals surface area contributed by atoms with Crippen LogP contribution in [0.3, 0.4) is 0 Å². The van der Waals surface area contributed by atoms with E-state index in [9.17, 15) is 0 Å². The van der Waals surface area contributed by atoms with Crippen molar-refractivity contribution in [1.29, 1.82) is 0 Å². The molecule has 100 valence electrons. The van der Waals surface area contributed by atoms with Crippen molar-refractivity contribution in [3.63, 3.8) is 0 Å². The maximum Gasteiger partial charge on any atom is 0.122 e. The molecule has 1 heterocycles. The maximum absolute atomic E-state index is 5.38. The van der Waals surface area contributed by atoms with Crippen molar-refractivity contribution in [1.82, 2.24) is 5.32 Å². The number of benzene rings is 1. The van der Waals surface area contributed by atoms with Gasteiger partial charge in [0.05, 0.1) is 7.11 Å². The average Bonchev–Trinajstić information content (AvgIpc) is 2.36. The van der Waals surface area contributed by atoms with Crippen LogP contribution in [-0.2, 0) is 6.42 Å². The van der Waals surface area contributed by atoms with Crippen LogP contribution in [-0.4, -0.2) is 20.2 Å². The lowest BCUT2D eigenvalue weighted by atomic mass is 9.82. The molecular formula is C16H25NO. The number of methoxy groups -OCH3 is 1.